The number of carbonyl (C=O) groups is 1. The molecule has 0 spiro atoms. The number of nitrogens with one attached hydrogen (secondary N) is 2. The highest BCUT2D eigenvalue weighted by Gasteiger charge is 2.23. The molecule has 1 amide bonds. The molecular weight excluding hydrogens is 188 g/mol. The lowest BCUT2D eigenvalue weighted by Crippen LogP contribution is -2.31. The first-order valence-electron chi connectivity index (χ1n) is 6.37. The molecule has 0 bridgehead atoms. The van der Waals surface area contributed by atoms with Crippen molar-refractivity contribution in [2.75, 3.05) is 6.54 Å². The lowest BCUT2D eigenvalue weighted by molar-refractivity contribution is -0.121. The summed E-state index contributed by atoms with van der Waals surface area (Å²) in [6.45, 7) is 1.13. The molecule has 1 unspecified atom stereocenters. The lowest BCUT2D eigenvalue weighted by Gasteiger charge is -2.15. The van der Waals surface area contributed by atoms with Crippen LogP contribution in [0.2, 0.25) is 0 Å². The van der Waals surface area contributed by atoms with Gasteiger partial charge in [0, 0.05) is 18.5 Å². The fourth-order valence-corrected chi connectivity index (χ4v) is 2.18. The van der Waals surface area contributed by atoms with E-state index < -0.39 is 0 Å². The molecule has 0 aromatic carbocycles. The van der Waals surface area contributed by atoms with Crippen LogP contribution < -0.4 is 10.6 Å². The summed E-state index contributed by atoms with van der Waals surface area (Å²) in [6.07, 6.45) is 9.30. The maximum absolute atomic E-state index is 11.5. The Kier molecular flexibility index (Phi) is 4.01. The van der Waals surface area contributed by atoms with Crippen molar-refractivity contribution in [2.45, 2.75) is 63.5 Å². The van der Waals surface area contributed by atoms with Crippen LogP contribution in [0.3, 0.4) is 0 Å². The van der Waals surface area contributed by atoms with E-state index in [9.17, 15) is 4.79 Å². The average molecular weight is 210 g/mol. The molecule has 1 aliphatic carbocycles. The molecule has 2 fully saturated rings. The first-order chi connectivity index (χ1) is 7.34. The largest absolute Gasteiger partial charge is 0.353 e. The van der Waals surface area contributed by atoms with E-state index in [1.165, 1.54) is 38.5 Å². The summed E-state index contributed by atoms with van der Waals surface area (Å²) in [5.41, 5.74) is 0. The number of carbonyl (C=O) groups excluding carboxylic acids is 1. The van der Waals surface area contributed by atoms with Crippen LogP contribution in [0.1, 0.15) is 51.4 Å². The molecule has 15 heavy (non-hydrogen) atoms. The quantitative estimate of drug-likeness (QED) is 0.739. The topological polar surface area (TPSA) is 41.1 Å². The van der Waals surface area contributed by atoms with E-state index in [0.717, 1.165) is 13.0 Å². The van der Waals surface area contributed by atoms with Crippen LogP contribution in [-0.4, -0.2) is 24.5 Å². The van der Waals surface area contributed by atoms with Gasteiger partial charge in [-0.25, -0.2) is 0 Å². The van der Waals surface area contributed by atoms with Gasteiger partial charge >= 0.3 is 0 Å². The Morgan fingerprint density at radius 2 is 2.07 bits per heavy atom. The van der Waals surface area contributed by atoms with Crippen LogP contribution >= 0.6 is 0 Å². The first kappa shape index (κ1) is 10.9. The summed E-state index contributed by atoms with van der Waals surface area (Å²) in [5.74, 6) is 0.253. The highest BCUT2D eigenvalue weighted by molar-refractivity contribution is 5.76. The smallest absolute Gasteiger partial charge is 0.220 e. The van der Waals surface area contributed by atoms with Crippen LogP contribution in [0, 0.1) is 0 Å². The third-order valence-electron chi connectivity index (χ3n) is 3.32. The fraction of sp³-hybridized carbons (Fsp3) is 0.917. The van der Waals surface area contributed by atoms with Gasteiger partial charge in [-0.15, -0.1) is 0 Å². The highest BCUT2D eigenvalue weighted by atomic mass is 16.1. The van der Waals surface area contributed by atoms with Crippen LogP contribution in [0.15, 0.2) is 0 Å². The maximum atomic E-state index is 11.5. The molecule has 1 aliphatic heterocycles. The predicted octanol–water partition coefficient (Wildman–Crippen LogP) is 1.58. The number of hydrogen-bond acceptors (Lipinski definition) is 2. The van der Waals surface area contributed by atoms with Crippen LogP contribution in [0.4, 0.5) is 0 Å². The van der Waals surface area contributed by atoms with E-state index in [-0.39, 0.29) is 5.91 Å². The molecule has 3 nitrogen and oxygen atoms in total. The van der Waals surface area contributed by atoms with Crippen LogP contribution in [-0.2, 0) is 4.79 Å². The van der Waals surface area contributed by atoms with Gasteiger partial charge in [-0.1, -0.05) is 12.8 Å². The zero-order chi connectivity index (χ0) is 10.5. The minimum Gasteiger partial charge on any atom is -0.353 e. The fourth-order valence-electron chi connectivity index (χ4n) is 2.18. The minimum atomic E-state index is 0.253. The first-order valence-corrected chi connectivity index (χ1v) is 6.37. The normalized spacial score (nSPS) is 27.1. The van der Waals surface area contributed by atoms with Crippen LogP contribution in [0.5, 0.6) is 0 Å². The Labute approximate surface area is 92.0 Å². The number of amides is 1. The van der Waals surface area contributed by atoms with E-state index in [4.69, 9.17) is 0 Å². The van der Waals surface area contributed by atoms with Crippen molar-refractivity contribution in [3.63, 3.8) is 0 Å². The van der Waals surface area contributed by atoms with Crippen molar-refractivity contribution in [1.29, 1.82) is 0 Å². The third-order valence-corrected chi connectivity index (χ3v) is 3.32. The predicted molar refractivity (Wildman–Crippen MR) is 60.7 cm³/mol. The van der Waals surface area contributed by atoms with Gasteiger partial charge in [-0.05, 0) is 38.6 Å². The van der Waals surface area contributed by atoms with Gasteiger partial charge in [-0.3, -0.25) is 4.79 Å². The molecule has 86 valence electrons. The molecule has 0 radical (unpaired) electrons. The lowest BCUT2D eigenvalue weighted by atomic mass is 10.1. The number of rotatable bonds is 4. The Bertz CT molecular complexity index is 206. The van der Waals surface area contributed by atoms with Gasteiger partial charge in [0.15, 0.2) is 0 Å². The summed E-state index contributed by atoms with van der Waals surface area (Å²) in [5, 5.41) is 6.57. The van der Waals surface area contributed by atoms with E-state index in [1.807, 2.05) is 0 Å². The van der Waals surface area contributed by atoms with Crippen LogP contribution in [0.25, 0.3) is 0 Å². The minimum absolute atomic E-state index is 0.253. The Balaban J connectivity index is 1.60. The Morgan fingerprint density at radius 3 is 2.87 bits per heavy atom. The molecule has 1 heterocycles. The maximum Gasteiger partial charge on any atom is 0.220 e. The van der Waals surface area contributed by atoms with Gasteiger partial charge in [0.2, 0.25) is 5.91 Å². The van der Waals surface area contributed by atoms with Gasteiger partial charge < -0.3 is 10.6 Å². The molecule has 1 atom stereocenters. The van der Waals surface area contributed by atoms with Gasteiger partial charge in [0.1, 0.15) is 0 Å². The van der Waals surface area contributed by atoms with Gasteiger partial charge in [-0.2, -0.15) is 0 Å². The van der Waals surface area contributed by atoms with Gasteiger partial charge in [0.05, 0.1) is 0 Å². The molecule has 1 saturated heterocycles. The molecule has 2 N–H and O–H groups in total. The zero-order valence-electron chi connectivity index (χ0n) is 9.43. The summed E-state index contributed by atoms with van der Waals surface area (Å²) in [7, 11) is 0. The Morgan fingerprint density at radius 1 is 1.20 bits per heavy atom. The molecule has 0 aromatic heterocycles. The molecule has 0 aromatic rings. The van der Waals surface area contributed by atoms with Crippen molar-refractivity contribution in [1.82, 2.24) is 10.6 Å². The third kappa shape index (κ3) is 4.20. The monoisotopic (exact) mass is 210 g/mol. The number of hydrogen-bond donors (Lipinski definition) is 2. The molecule has 3 heteroatoms. The zero-order valence-corrected chi connectivity index (χ0v) is 9.43. The standard InChI is InChI=1S/C12H22N2O/c15-12(14-11-5-6-11)8-7-10-4-2-1-3-9-13-10/h10-11,13H,1-9H2,(H,14,15). The van der Waals surface area contributed by atoms with Crippen molar-refractivity contribution in [3.05, 3.63) is 0 Å². The molecular formula is C12H22N2O. The van der Waals surface area contributed by atoms with E-state index in [2.05, 4.69) is 10.6 Å². The van der Waals surface area contributed by atoms with Crippen molar-refractivity contribution < 1.29 is 4.79 Å². The van der Waals surface area contributed by atoms with E-state index >= 15 is 0 Å². The van der Waals surface area contributed by atoms with E-state index in [1.54, 1.807) is 0 Å². The SMILES string of the molecule is O=C(CCC1CCCCCN1)NC1CC1. The van der Waals surface area contributed by atoms with Crippen molar-refractivity contribution >= 4 is 5.91 Å². The average Bonchev–Trinajstić information content (AvgIpc) is 3.01. The van der Waals surface area contributed by atoms with E-state index in [0.29, 0.717) is 18.5 Å². The molecule has 2 aliphatic rings. The second kappa shape index (κ2) is 5.50. The molecule has 1 saturated carbocycles. The summed E-state index contributed by atoms with van der Waals surface area (Å²) < 4.78 is 0. The molecule has 2 rings (SSSR count). The summed E-state index contributed by atoms with van der Waals surface area (Å²) in [4.78, 5) is 11.5. The van der Waals surface area contributed by atoms with Crippen molar-refractivity contribution in [2.24, 2.45) is 0 Å². The summed E-state index contributed by atoms with van der Waals surface area (Å²) in [6, 6.07) is 1.09. The van der Waals surface area contributed by atoms with Gasteiger partial charge in [0.25, 0.3) is 0 Å². The van der Waals surface area contributed by atoms with Crippen molar-refractivity contribution in [3.8, 4) is 0 Å². The second-order valence-corrected chi connectivity index (χ2v) is 4.88. The highest BCUT2D eigenvalue weighted by Crippen LogP contribution is 2.19. The Hall–Kier alpha value is -0.570. The second-order valence-electron chi connectivity index (χ2n) is 4.88. The summed E-state index contributed by atoms with van der Waals surface area (Å²) >= 11 is 0.